The largest absolute Gasteiger partial charge is 0.342 e. The van der Waals surface area contributed by atoms with Crippen molar-refractivity contribution in [3.05, 3.63) is 53.7 Å². The highest BCUT2D eigenvalue weighted by Crippen LogP contribution is 2.31. The zero-order valence-corrected chi connectivity index (χ0v) is 17.5. The first-order valence-electron chi connectivity index (χ1n) is 11.0. The molecular formula is C24H29FN4O. The molecular weight excluding hydrogens is 379 g/mol. The van der Waals surface area contributed by atoms with Crippen molar-refractivity contribution < 1.29 is 9.18 Å². The van der Waals surface area contributed by atoms with Crippen molar-refractivity contribution in [1.29, 1.82) is 0 Å². The van der Waals surface area contributed by atoms with Gasteiger partial charge in [0.15, 0.2) is 0 Å². The fraction of sp³-hybridized carbons (Fsp3) is 0.458. The molecule has 1 aliphatic carbocycles. The molecule has 30 heavy (non-hydrogen) atoms. The first kappa shape index (κ1) is 20.5. The highest BCUT2D eigenvalue weighted by atomic mass is 19.1. The standard InChI is InChI=1S/C24H29FN4O/c1-2-23(30)29-13-7-10-18(16-29)24-27-21(17-8-4-3-5-9-17)15-22(28-24)26-20-12-6-11-19(25)14-20/h6,8,11-12,14-15,18H,2-5,7,9-10,13,16H2,1H3,(H,26,27,28). The van der Waals surface area contributed by atoms with Gasteiger partial charge in [-0.25, -0.2) is 14.4 Å². The van der Waals surface area contributed by atoms with Crippen molar-refractivity contribution in [1.82, 2.24) is 14.9 Å². The lowest BCUT2D eigenvalue weighted by atomic mass is 9.95. The molecule has 2 aliphatic rings. The number of nitrogens with one attached hydrogen (secondary N) is 1. The summed E-state index contributed by atoms with van der Waals surface area (Å²) in [5.41, 5.74) is 2.86. The van der Waals surface area contributed by atoms with Crippen LogP contribution in [0, 0.1) is 5.82 Å². The molecule has 5 nitrogen and oxygen atoms in total. The van der Waals surface area contributed by atoms with Crippen LogP contribution in [0.25, 0.3) is 5.57 Å². The number of hydrogen-bond acceptors (Lipinski definition) is 4. The number of piperidine rings is 1. The molecule has 2 aromatic rings. The molecule has 0 spiro atoms. The quantitative estimate of drug-likeness (QED) is 0.716. The predicted molar refractivity (Wildman–Crippen MR) is 117 cm³/mol. The van der Waals surface area contributed by atoms with Gasteiger partial charge in [-0.3, -0.25) is 4.79 Å². The number of benzene rings is 1. The van der Waals surface area contributed by atoms with E-state index in [-0.39, 0.29) is 17.6 Å². The molecule has 158 valence electrons. The average Bonchev–Trinajstić information content (AvgIpc) is 2.79. The first-order valence-corrected chi connectivity index (χ1v) is 11.0. The van der Waals surface area contributed by atoms with E-state index in [0.717, 1.165) is 43.7 Å². The highest BCUT2D eigenvalue weighted by Gasteiger charge is 2.27. The van der Waals surface area contributed by atoms with Crippen molar-refractivity contribution >= 4 is 23.0 Å². The molecule has 1 amide bonds. The Labute approximate surface area is 177 Å². The van der Waals surface area contributed by atoms with Gasteiger partial charge in [-0.1, -0.05) is 19.1 Å². The van der Waals surface area contributed by atoms with Crippen LogP contribution in [0.1, 0.15) is 69.3 Å². The van der Waals surface area contributed by atoms with Gasteiger partial charge in [0.2, 0.25) is 5.91 Å². The maximum absolute atomic E-state index is 13.6. The second-order valence-electron chi connectivity index (χ2n) is 8.14. The van der Waals surface area contributed by atoms with Gasteiger partial charge in [-0.2, -0.15) is 0 Å². The number of amides is 1. The van der Waals surface area contributed by atoms with E-state index in [4.69, 9.17) is 9.97 Å². The van der Waals surface area contributed by atoms with Crippen molar-refractivity contribution in [2.24, 2.45) is 0 Å². The lowest BCUT2D eigenvalue weighted by molar-refractivity contribution is -0.132. The molecule has 2 heterocycles. The number of likely N-dealkylation sites (tertiary alicyclic amines) is 1. The Balaban J connectivity index is 1.66. The molecule has 1 aliphatic heterocycles. The summed E-state index contributed by atoms with van der Waals surface area (Å²) in [6.45, 7) is 3.37. The van der Waals surface area contributed by atoms with Crippen LogP contribution in [-0.2, 0) is 4.79 Å². The molecule has 1 N–H and O–H groups in total. The van der Waals surface area contributed by atoms with E-state index in [0.29, 0.717) is 24.5 Å². The Morgan fingerprint density at radius 2 is 2.13 bits per heavy atom. The monoisotopic (exact) mass is 408 g/mol. The predicted octanol–water partition coefficient (Wildman–Crippen LogP) is 5.43. The number of allylic oxidation sites excluding steroid dienone is 2. The third kappa shape index (κ3) is 4.86. The van der Waals surface area contributed by atoms with Gasteiger partial charge in [0.25, 0.3) is 0 Å². The minimum atomic E-state index is -0.287. The Morgan fingerprint density at radius 3 is 2.90 bits per heavy atom. The van der Waals surface area contributed by atoms with Crippen LogP contribution in [0.15, 0.2) is 36.4 Å². The maximum atomic E-state index is 13.6. The third-order valence-electron chi connectivity index (χ3n) is 5.90. The third-order valence-corrected chi connectivity index (χ3v) is 5.90. The second kappa shape index (κ2) is 9.37. The van der Waals surface area contributed by atoms with Crippen LogP contribution in [0.5, 0.6) is 0 Å². The molecule has 1 atom stereocenters. The fourth-order valence-electron chi connectivity index (χ4n) is 4.30. The number of anilines is 2. The molecule has 0 bridgehead atoms. The van der Waals surface area contributed by atoms with Gasteiger partial charge >= 0.3 is 0 Å². The number of nitrogens with zero attached hydrogens (tertiary/aromatic N) is 3. The molecule has 0 saturated carbocycles. The summed E-state index contributed by atoms with van der Waals surface area (Å²) in [5, 5.41) is 3.25. The number of aromatic nitrogens is 2. The average molecular weight is 409 g/mol. The Kier molecular flexibility index (Phi) is 6.41. The van der Waals surface area contributed by atoms with Gasteiger partial charge in [-0.05, 0) is 62.3 Å². The fourth-order valence-corrected chi connectivity index (χ4v) is 4.30. The Hall–Kier alpha value is -2.76. The second-order valence-corrected chi connectivity index (χ2v) is 8.14. The molecule has 1 fully saturated rings. The van der Waals surface area contributed by atoms with Crippen LogP contribution >= 0.6 is 0 Å². The molecule has 1 unspecified atom stereocenters. The topological polar surface area (TPSA) is 58.1 Å². The summed E-state index contributed by atoms with van der Waals surface area (Å²) in [6, 6.07) is 8.36. The number of carbonyl (C=O) groups excluding carboxylic acids is 1. The van der Waals surface area contributed by atoms with Gasteiger partial charge in [0.05, 0.1) is 5.69 Å². The zero-order valence-electron chi connectivity index (χ0n) is 17.5. The van der Waals surface area contributed by atoms with Gasteiger partial charge < -0.3 is 10.2 Å². The van der Waals surface area contributed by atoms with Crippen molar-refractivity contribution in [2.75, 3.05) is 18.4 Å². The van der Waals surface area contributed by atoms with Crippen molar-refractivity contribution in [2.45, 2.75) is 57.8 Å². The van der Waals surface area contributed by atoms with E-state index in [1.54, 1.807) is 6.07 Å². The van der Waals surface area contributed by atoms with Crippen LogP contribution < -0.4 is 5.32 Å². The van der Waals surface area contributed by atoms with Crippen molar-refractivity contribution in [3.63, 3.8) is 0 Å². The van der Waals surface area contributed by atoms with E-state index in [2.05, 4.69) is 11.4 Å². The lowest BCUT2D eigenvalue weighted by Crippen LogP contribution is -2.39. The SMILES string of the molecule is CCC(=O)N1CCCC(c2nc(Nc3cccc(F)c3)cc(C3=CCCCC3)n2)C1. The van der Waals surface area contributed by atoms with Crippen LogP contribution in [0.2, 0.25) is 0 Å². The highest BCUT2D eigenvalue weighted by molar-refractivity contribution is 5.76. The minimum absolute atomic E-state index is 0.117. The van der Waals surface area contributed by atoms with E-state index in [1.807, 2.05) is 24.0 Å². The summed E-state index contributed by atoms with van der Waals surface area (Å²) >= 11 is 0. The van der Waals surface area contributed by atoms with Crippen LogP contribution in [0.3, 0.4) is 0 Å². The molecule has 4 rings (SSSR count). The Bertz CT molecular complexity index is 943. The van der Waals surface area contributed by atoms with E-state index in [1.165, 1.54) is 30.5 Å². The van der Waals surface area contributed by atoms with Crippen molar-refractivity contribution in [3.8, 4) is 0 Å². The summed E-state index contributed by atoms with van der Waals surface area (Å²) in [6.07, 6.45) is 9.19. The molecule has 0 radical (unpaired) electrons. The normalized spacial score (nSPS) is 19.3. The van der Waals surface area contributed by atoms with Crippen LogP contribution in [0.4, 0.5) is 15.9 Å². The van der Waals surface area contributed by atoms with E-state index >= 15 is 0 Å². The lowest BCUT2D eigenvalue weighted by Gasteiger charge is -2.32. The summed E-state index contributed by atoms with van der Waals surface area (Å²) in [7, 11) is 0. The summed E-state index contributed by atoms with van der Waals surface area (Å²) in [4.78, 5) is 23.9. The minimum Gasteiger partial charge on any atom is -0.342 e. The molecule has 1 aromatic carbocycles. The number of halogens is 1. The van der Waals surface area contributed by atoms with E-state index < -0.39 is 0 Å². The number of rotatable bonds is 5. The summed E-state index contributed by atoms with van der Waals surface area (Å²) < 4.78 is 13.6. The first-order chi connectivity index (χ1) is 14.6. The van der Waals surface area contributed by atoms with Crippen LogP contribution in [-0.4, -0.2) is 33.9 Å². The smallest absolute Gasteiger partial charge is 0.222 e. The summed E-state index contributed by atoms with van der Waals surface area (Å²) in [5.74, 6) is 1.46. The Morgan fingerprint density at radius 1 is 1.23 bits per heavy atom. The maximum Gasteiger partial charge on any atom is 0.222 e. The molecule has 1 aromatic heterocycles. The van der Waals surface area contributed by atoms with Gasteiger partial charge in [-0.15, -0.1) is 0 Å². The number of carbonyl (C=O) groups is 1. The zero-order chi connectivity index (χ0) is 20.9. The molecule has 6 heteroatoms. The molecule has 1 saturated heterocycles. The van der Waals surface area contributed by atoms with E-state index in [9.17, 15) is 9.18 Å². The van der Waals surface area contributed by atoms with Gasteiger partial charge in [0, 0.05) is 37.2 Å². The van der Waals surface area contributed by atoms with Gasteiger partial charge in [0.1, 0.15) is 17.5 Å². The number of hydrogen-bond donors (Lipinski definition) is 1.